The SMILES string of the molecule is CC(C)(O)Cn1cc(-c2ccnc(N)n2)c2cc(C#CC(C)(O)C(F)(F)F)ncc21. The second-order valence-corrected chi connectivity index (χ2v) is 7.69. The van der Waals surface area contributed by atoms with Gasteiger partial charge in [-0.15, -0.1) is 0 Å². The number of alkyl halides is 3. The lowest BCUT2D eigenvalue weighted by Crippen LogP contribution is -2.40. The molecule has 0 aromatic carbocycles. The van der Waals surface area contributed by atoms with Crippen molar-refractivity contribution in [2.24, 2.45) is 0 Å². The summed E-state index contributed by atoms with van der Waals surface area (Å²) in [5.74, 6) is 4.16. The van der Waals surface area contributed by atoms with E-state index in [2.05, 4.69) is 20.9 Å². The van der Waals surface area contributed by atoms with Gasteiger partial charge >= 0.3 is 6.18 Å². The third kappa shape index (κ3) is 4.53. The van der Waals surface area contributed by atoms with Crippen LogP contribution in [0.4, 0.5) is 19.1 Å². The lowest BCUT2D eigenvalue weighted by molar-refractivity contribution is -0.228. The van der Waals surface area contributed by atoms with Crippen LogP contribution in [-0.4, -0.2) is 47.1 Å². The highest BCUT2D eigenvalue weighted by atomic mass is 19.4. The zero-order valence-electron chi connectivity index (χ0n) is 16.5. The average molecular weight is 419 g/mol. The van der Waals surface area contributed by atoms with Gasteiger partial charge in [0.15, 0.2) is 0 Å². The van der Waals surface area contributed by atoms with Crippen molar-refractivity contribution in [3.8, 4) is 23.1 Å². The summed E-state index contributed by atoms with van der Waals surface area (Å²) in [6, 6.07) is 3.14. The zero-order valence-corrected chi connectivity index (χ0v) is 16.5. The maximum Gasteiger partial charge on any atom is 0.428 e. The van der Waals surface area contributed by atoms with E-state index < -0.39 is 17.4 Å². The smallest absolute Gasteiger partial charge is 0.389 e. The number of hydrogen-bond donors (Lipinski definition) is 3. The molecule has 0 aliphatic carbocycles. The van der Waals surface area contributed by atoms with Crippen molar-refractivity contribution in [1.29, 1.82) is 0 Å². The van der Waals surface area contributed by atoms with Crippen LogP contribution in [-0.2, 0) is 6.54 Å². The van der Waals surface area contributed by atoms with Crippen molar-refractivity contribution in [3.05, 3.63) is 36.4 Å². The van der Waals surface area contributed by atoms with Crippen molar-refractivity contribution in [1.82, 2.24) is 19.5 Å². The van der Waals surface area contributed by atoms with E-state index in [4.69, 9.17) is 5.73 Å². The number of aliphatic hydroxyl groups is 2. The van der Waals surface area contributed by atoms with Crippen molar-refractivity contribution in [2.45, 2.75) is 44.7 Å². The van der Waals surface area contributed by atoms with Crippen molar-refractivity contribution < 1.29 is 23.4 Å². The van der Waals surface area contributed by atoms with Crippen molar-refractivity contribution in [2.75, 3.05) is 5.73 Å². The van der Waals surface area contributed by atoms with Gasteiger partial charge in [-0.25, -0.2) is 15.0 Å². The molecular weight excluding hydrogens is 399 g/mol. The molecule has 0 saturated heterocycles. The first-order valence-electron chi connectivity index (χ1n) is 8.89. The monoisotopic (exact) mass is 419 g/mol. The number of fused-ring (bicyclic) bond motifs is 1. The van der Waals surface area contributed by atoms with Crippen LogP contribution in [0.2, 0.25) is 0 Å². The summed E-state index contributed by atoms with van der Waals surface area (Å²) in [6.07, 6.45) is -0.223. The molecule has 158 valence electrons. The summed E-state index contributed by atoms with van der Waals surface area (Å²) in [5.41, 5.74) is 3.26. The zero-order chi connectivity index (χ0) is 22.3. The quantitative estimate of drug-likeness (QED) is 0.563. The Labute approximate surface area is 170 Å². The minimum Gasteiger partial charge on any atom is -0.389 e. The maximum absolute atomic E-state index is 12.8. The minimum atomic E-state index is -4.90. The average Bonchev–Trinajstić information content (AvgIpc) is 2.95. The Morgan fingerprint density at radius 2 is 1.87 bits per heavy atom. The Balaban J connectivity index is 2.17. The van der Waals surface area contributed by atoms with E-state index in [-0.39, 0.29) is 18.2 Å². The summed E-state index contributed by atoms with van der Waals surface area (Å²) < 4.78 is 40.3. The highest BCUT2D eigenvalue weighted by Crippen LogP contribution is 2.32. The molecule has 4 N–H and O–H groups in total. The van der Waals surface area contributed by atoms with Gasteiger partial charge in [0.05, 0.1) is 29.6 Å². The molecule has 3 aromatic heterocycles. The Morgan fingerprint density at radius 1 is 1.17 bits per heavy atom. The first-order valence-corrected chi connectivity index (χ1v) is 8.89. The van der Waals surface area contributed by atoms with E-state index >= 15 is 0 Å². The first-order chi connectivity index (χ1) is 13.8. The molecule has 0 spiro atoms. The molecule has 0 fully saturated rings. The molecule has 1 unspecified atom stereocenters. The van der Waals surface area contributed by atoms with Crippen molar-refractivity contribution in [3.63, 3.8) is 0 Å². The normalized spacial score (nSPS) is 14.3. The number of anilines is 1. The Bertz CT molecular complexity index is 1150. The molecule has 7 nitrogen and oxygen atoms in total. The number of nitrogen functional groups attached to an aromatic ring is 1. The topological polar surface area (TPSA) is 110 Å². The van der Waals surface area contributed by atoms with Crippen molar-refractivity contribution >= 4 is 16.9 Å². The molecule has 0 amide bonds. The van der Waals surface area contributed by atoms with Gasteiger partial charge in [-0.05, 0) is 38.8 Å². The summed E-state index contributed by atoms with van der Waals surface area (Å²) in [5, 5.41) is 20.3. The highest BCUT2D eigenvalue weighted by Gasteiger charge is 2.49. The second-order valence-electron chi connectivity index (χ2n) is 7.69. The van der Waals surface area contributed by atoms with E-state index in [0.29, 0.717) is 29.1 Å². The third-order valence-electron chi connectivity index (χ3n) is 4.26. The highest BCUT2D eigenvalue weighted by molar-refractivity contribution is 5.95. The summed E-state index contributed by atoms with van der Waals surface area (Å²) in [6.45, 7) is 4.11. The molecule has 10 heteroatoms. The molecule has 3 heterocycles. The molecule has 0 saturated carbocycles. The van der Waals surface area contributed by atoms with Crippen LogP contribution in [0.3, 0.4) is 0 Å². The third-order valence-corrected chi connectivity index (χ3v) is 4.26. The number of nitrogens with zero attached hydrogens (tertiary/aromatic N) is 4. The minimum absolute atomic E-state index is 0.0383. The fraction of sp³-hybridized carbons (Fsp3) is 0.350. The molecule has 30 heavy (non-hydrogen) atoms. The van der Waals surface area contributed by atoms with Gasteiger partial charge in [0.1, 0.15) is 5.69 Å². The fourth-order valence-electron chi connectivity index (χ4n) is 2.79. The van der Waals surface area contributed by atoms with Gasteiger partial charge < -0.3 is 20.5 Å². The molecule has 3 aromatic rings. The van der Waals surface area contributed by atoms with Gasteiger partial charge in [-0.2, -0.15) is 13.2 Å². The van der Waals surface area contributed by atoms with Gasteiger partial charge in [0, 0.05) is 23.3 Å². The van der Waals surface area contributed by atoms with Crippen LogP contribution in [0.5, 0.6) is 0 Å². The van der Waals surface area contributed by atoms with E-state index in [1.54, 1.807) is 30.7 Å². The number of halogens is 3. The number of nitrogens with two attached hydrogens (primary N) is 1. The number of hydrogen-bond acceptors (Lipinski definition) is 6. The van der Waals surface area contributed by atoms with Gasteiger partial charge in [-0.1, -0.05) is 5.92 Å². The standard InChI is InChI=1S/C20H20F3N5O2/c1-18(2,29)11-28-10-14(15-5-7-25-17(24)27-15)13-8-12(26-9-16(13)28)4-6-19(3,30)20(21,22)23/h5,7-10,29-30H,11H2,1-3H3,(H2,24,25,27). The largest absolute Gasteiger partial charge is 0.428 e. The van der Waals surface area contributed by atoms with Gasteiger partial charge in [-0.3, -0.25) is 0 Å². The Hall–Kier alpha value is -3.16. The molecule has 0 radical (unpaired) electrons. The fourth-order valence-corrected chi connectivity index (χ4v) is 2.79. The lowest BCUT2D eigenvalue weighted by atomic mass is 10.1. The van der Waals surface area contributed by atoms with Crippen LogP contribution in [0.25, 0.3) is 22.2 Å². The number of pyridine rings is 1. The lowest BCUT2D eigenvalue weighted by Gasteiger charge is -2.19. The molecule has 0 aliphatic heterocycles. The molecule has 0 bridgehead atoms. The molecule has 0 aliphatic rings. The number of aromatic nitrogens is 4. The predicted octanol–water partition coefficient (Wildman–Crippen LogP) is 2.51. The van der Waals surface area contributed by atoms with Crippen LogP contribution in [0.1, 0.15) is 26.5 Å². The van der Waals surface area contributed by atoms with E-state index in [0.717, 1.165) is 0 Å². The molecule has 1 atom stereocenters. The van der Waals surface area contributed by atoms with Crippen LogP contribution < -0.4 is 5.73 Å². The number of rotatable bonds is 3. The summed E-state index contributed by atoms with van der Waals surface area (Å²) in [7, 11) is 0. The Kier molecular flexibility index (Phi) is 5.22. The van der Waals surface area contributed by atoms with E-state index in [1.165, 1.54) is 18.5 Å². The van der Waals surface area contributed by atoms with Crippen LogP contribution >= 0.6 is 0 Å². The summed E-state index contributed by atoms with van der Waals surface area (Å²) >= 11 is 0. The first kappa shape index (κ1) is 21.5. The van der Waals surface area contributed by atoms with Crippen LogP contribution in [0, 0.1) is 11.8 Å². The second kappa shape index (κ2) is 7.27. The molecular formula is C20H20F3N5O2. The van der Waals surface area contributed by atoms with Gasteiger partial charge in [0.25, 0.3) is 0 Å². The predicted molar refractivity (Wildman–Crippen MR) is 105 cm³/mol. The maximum atomic E-state index is 12.8. The molecule has 3 rings (SSSR count). The van der Waals surface area contributed by atoms with Gasteiger partial charge in [0.2, 0.25) is 11.5 Å². The van der Waals surface area contributed by atoms with E-state index in [1.807, 2.05) is 5.92 Å². The van der Waals surface area contributed by atoms with E-state index in [9.17, 15) is 23.4 Å². The van der Waals surface area contributed by atoms with Crippen LogP contribution in [0.15, 0.2) is 30.7 Å². The Morgan fingerprint density at radius 3 is 2.47 bits per heavy atom. The summed E-state index contributed by atoms with van der Waals surface area (Å²) in [4.78, 5) is 12.2.